The highest BCUT2D eigenvalue weighted by Gasteiger charge is 2.29. The van der Waals surface area contributed by atoms with Crippen LogP contribution in [0.2, 0.25) is 0 Å². The van der Waals surface area contributed by atoms with E-state index in [1.54, 1.807) is 35.5 Å². The number of rotatable bonds is 5. The van der Waals surface area contributed by atoms with Crippen LogP contribution < -0.4 is 5.32 Å². The first-order chi connectivity index (χ1) is 13.4. The summed E-state index contributed by atoms with van der Waals surface area (Å²) in [5.74, 6) is -0.722. The Bertz CT molecular complexity index is 841. The van der Waals surface area contributed by atoms with Crippen molar-refractivity contribution < 1.29 is 19.8 Å². The molecule has 0 radical (unpaired) electrons. The van der Waals surface area contributed by atoms with Crippen molar-refractivity contribution in [3.05, 3.63) is 53.9 Å². The average molecular weight is 383 g/mol. The summed E-state index contributed by atoms with van der Waals surface area (Å²) in [4.78, 5) is 30.9. The summed E-state index contributed by atoms with van der Waals surface area (Å²) in [6.07, 6.45) is 5.24. The van der Waals surface area contributed by atoms with Crippen molar-refractivity contribution in [3.63, 3.8) is 0 Å². The summed E-state index contributed by atoms with van der Waals surface area (Å²) in [7, 11) is 0. The Balaban J connectivity index is 1.56. The van der Waals surface area contributed by atoms with Crippen LogP contribution in [0.3, 0.4) is 0 Å². The zero-order valence-corrected chi connectivity index (χ0v) is 15.8. The lowest BCUT2D eigenvalue weighted by atomic mass is 9.95. The number of nitrogens with zero attached hydrogens (tertiary/aromatic N) is 2. The molecule has 1 aliphatic heterocycles. The third-order valence-electron chi connectivity index (χ3n) is 4.98. The average Bonchev–Trinajstić information content (AvgIpc) is 2.71. The highest BCUT2D eigenvalue weighted by Crippen LogP contribution is 2.25. The van der Waals surface area contributed by atoms with Crippen molar-refractivity contribution in [3.8, 4) is 11.5 Å². The van der Waals surface area contributed by atoms with Gasteiger partial charge in [0.25, 0.3) is 5.91 Å². The van der Waals surface area contributed by atoms with Gasteiger partial charge in [-0.05, 0) is 56.0 Å². The second kappa shape index (κ2) is 8.73. The third kappa shape index (κ3) is 4.79. The number of phenols is 2. The molecule has 1 aromatic carbocycles. The summed E-state index contributed by atoms with van der Waals surface area (Å²) < 4.78 is 0. The Morgan fingerprint density at radius 3 is 2.68 bits per heavy atom. The SMILES string of the molecule is CC(Cc1ccc(O)c(O)c1)NC(=O)C1CCCN(C(=O)c2ccncc2)C1. The number of likely N-dealkylation sites (tertiary alicyclic amines) is 1. The number of piperidine rings is 1. The van der Waals surface area contributed by atoms with Crippen molar-refractivity contribution in [1.82, 2.24) is 15.2 Å². The number of carbonyl (C=O) groups excluding carboxylic acids is 2. The molecule has 0 spiro atoms. The van der Waals surface area contributed by atoms with E-state index in [0.29, 0.717) is 25.1 Å². The van der Waals surface area contributed by atoms with Crippen LogP contribution in [0.25, 0.3) is 0 Å². The van der Waals surface area contributed by atoms with E-state index >= 15 is 0 Å². The monoisotopic (exact) mass is 383 g/mol. The van der Waals surface area contributed by atoms with Crippen molar-refractivity contribution in [1.29, 1.82) is 0 Å². The van der Waals surface area contributed by atoms with Crippen LogP contribution >= 0.6 is 0 Å². The van der Waals surface area contributed by atoms with Crippen LogP contribution in [-0.2, 0) is 11.2 Å². The van der Waals surface area contributed by atoms with Crippen LogP contribution in [0.15, 0.2) is 42.7 Å². The lowest BCUT2D eigenvalue weighted by Crippen LogP contribution is -2.47. The van der Waals surface area contributed by atoms with Gasteiger partial charge >= 0.3 is 0 Å². The fourth-order valence-electron chi connectivity index (χ4n) is 3.51. The molecule has 2 heterocycles. The van der Waals surface area contributed by atoms with Crippen LogP contribution in [0.1, 0.15) is 35.7 Å². The molecule has 1 saturated heterocycles. The number of phenolic OH excluding ortho intramolecular Hbond substituents is 2. The first-order valence-corrected chi connectivity index (χ1v) is 9.44. The van der Waals surface area contributed by atoms with E-state index in [9.17, 15) is 19.8 Å². The number of amides is 2. The van der Waals surface area contributed by atoms with E-state index in [4.69, 9.17) is 0 Å². The van der Waals surface area contributed by atoms with Gasteiger partial charge in [0.05, 0.1) is 5.92 Å². The topological polar surface area (TPSA) is 103 Å². The molecule has 0 bridgehead atoms. The van der Waals surface area contributed by atoms with Gasteiger partial charge in [0, 0.05) is 37.1 Å². The van der Waals surface area contributed by atoms with Crippen molar-refractivity contribution in [2.45, 2.75) is 32.2 Å². The normalized spacial score (nSPS) is 17.8. The number of aromatic nitrogens is 1. The van der Waals surface area contributed by atoms with E-state index in [1.807, 2.05) is 6.92 Å². The Morgan fingerprint density at radius 1 is 1.21 bits per heavy atom. The minimum absolute atomic E-state index is 0.0669. The highest BCUT2D eigenvalue weighted by molar-refractivity contribution is 5.94. The van der Waals surface area contributed by atoms with E-state index in [-0.39, 0.29) is 35.3 Å². The molecule has 1 aromatic heterocycles. The molecule has 0 aliphatic carbocycles. The van der Waals surface area contributed by atoms with Gasteiger partial charge < -0.3 is 20.4 Å². The molecular formula is C21H25N3O4. The van der Waals surface area contributed by atoms with Crippen LogP contribution in [0, 0.1) is 5.92 Å². The molecule has 2 unspecified atom stereocenters. The third-order valence-corrected chi connectivity index (χ3v) is 4.98. The van der Waals surface area contributed by atoms with Gasteiger partial charge in [-0.15, -0.1) is 0 Å². The first kappa shape index (κ1) is 19.7. The summed E-state index contributed by atoms with van der Waals surface area (Å²) in [5.41, 5.74) is 1.40. The summed E-state index contributed by atoms with van der Waals surface area (Å²) in [5, 5.41) is 22.0. The summed E-state index contributed by atoms with van der Waals surface area (Å²) >= 11 is 0. The number of hydrogen-bond donors (Lipinski definition) is 3. The van der Waals surface area contributed by atoms with E-state index in [1.165, 1.54) is 12.1 Å². The molecular weight excluding hydrogens is 358 g/mol. The number of pyridine rings is 1. The number of carbonyl (C=O) groups is 2. The van der Waals surface area contributed by atoms with Crippen LogP contribution in [0.4, 0.5) is 0 Å². The Hall–Kier alpha value is -3.09. The fraction of sp³-hybridized carbons (Fsp3) is 0.381. The van der Waals surface area contributed by atoms with Crippen molar-refractivity contribution in [2.75, 3.05) is 13.1 Å². The molecule has 28 heavy (non-hydrogen) atoms. The molecule has 1 fully saturated rings. The Labute approximate surface area is 164 Å². The number of nitrogens with one attached hydrogen (secondary N) is 1. The summed E-state index contributed by atoms with van der Waals surface area (Å²) in [6.45, 7) is 2.94. The number of aromatic hydroxyl groups is 2. The number of hydrogen-bond acceptors (Lipinski definition) is 5. The van der Waals surface area contributed by atoms with Crippen LogP contribution in [0.5, 0.6) is 11.5 Å². The molecule has 2 atom stereocenters. The second-order valence-electron chi connectivity index (χ2n) is 7.26. The fourth-order valence-corrected chi connectivity index (χ4v) is 3.51. The zero-order valence-electron chi connectivity index (χ0n) is 15.8. The molecule has 3 rings (SSSR count). The Morgan fingerprint density at radius 2 is 1.96 bits per heavy atom. The molecule has 7 nitrogen and oxygen atoms in total. The van der Waals surface area contributed by atoms with Gasteiger partial charge in [-0.2, -0.15) is 0 Å². The maximum Gasteiger partial charge on any atom is 0.253 e. The standard InChI is InChI=1S/C21H25N3O4/c1-14(11-15-4-5-18(25)19(26)12-15)23-20(27)17-3-2-10-24(13-17)21(28)16-6-8-22-9-7-16/h4-9,12,14,17,25-26H,2-3,10-11,13H2,1H3,(H,23,27). The van der Waals surface area contributed by atoms with E-state index in [2.05, 4.69) is 10.3 Å². The minimum atomic E-state index is -0.241. The summed E-state index contributed by atoms with van der Waals surface area (Å²) in [6, 6.07) is 7.87. The van der Waals surface area contributed by atoms with Crippen molar-refractivity contribution in [2.24, 2.45) is 5.92 Å². The predicted molar refractivity (Wildman–Crippen MR) is 104 cm³/mol. The van der Waals surface area contributed by atoms with Crippen LogP contribution in [-0.4, -0.2) is 51.0 Å². The van der Waals surface area contributed by atoms with Gasteiger partial charge in [0.15, 0.2) is 11.5 Å². The molecule has 3 N–H and O–H groups in total. The lowest BCUT2D eigenvalue weighted by Gasteiger charge is -2.32. The van der Waals surface area contributed by atoms with Gasteiger partial charge in [-0.25, -0.2) is 0 Å². The zero-order chi connectivity index (χ0) is 20.1. The largest absolute Gasteiger partial charge is 0.504 e. The molecule has 2 amide bonds. The van der Waals surface area contributed by atoms with Crippen molar-refractivity contribution >= 4 is 11.8 Å². The predicted octanol–water partition coefficient (Wildman–Crippen LogP) is 2.09. The van der Waals surface area contributed by atoms with E-state index in [0.717, 1.165) is 18.4 Å². The quantitative estimate of drug-likeness (QED) is 0.686. The van der Waals surface area contributed by atoms with Gasteiger partial charge in [-0.1, -0.05) is 6.07 Å². The lowest BCUT2D eigenvalue weighted by molar-refractivity contribution is -0.126. The molecule has 0 saturated carbocycles. The molecule has 1 aliphatic rings. The minimum Gasteiger partial charge on any atom is -0.504 e. The van der Waals surface area contributed by atoms with Gasteiger partial charge in [0.1, 0.15) is 0 Å². The smallest absolute Gasteiger partial charge is 0.253 e. The molecule has 2 aromatic rings. The highest BCUT2D eigenvalue weighted by atomic mass is 16.3. The maximum atomic E-state index is 12.7. The van der Waals surface area contributed by atoms with E-state index < -0.39 is 0 Å². The maximum absolute atomic E-state index is 12.7. The second-order valence-corrected chi connectivity index (χ2v) is 7.26. The number of benzene rings is 1. The van der Waals surface area contributed by atoms with Gasteiger partial charge in [0.2, 0.25) is 5.91 Å². The molecule has 7 heteroatoms. The van der Waals surface area contributed by atoms with Gasteiger partial charge in [-0.3, -0.25) is 14.6 Å². The first-order valence-electron chi connectivity index (χ1n) is 9.44. The molecule has 148 valence electrons. The Kier molecular flexibility index (Phi) is 6.13.